The highest BCUT2D eigenvalue weighted by atomic mass is 16.1. The second kappa shape index (κ2) is 3.96. The molecule has 4 N–H and O–H groups in total. The summed E-state index contributed by atoms with van der Waals surface area (Å²) >= 11 is 0. The van der Waals surface area contributed by atoms with Crippen LogP contribution in [0.4, 0.5) is 0 Å². The summed E-state index contributed by atoms with van der Waals surface area (Å²) in [7, 11) is 0. The summed E-state index contributed by atoms with van der Waals surface area (Å²) in [6.07, 6.45) is -0.553. The molecule has 1 amide bonds. The molecular formula is C4H10N4O. The van der Waals surface area contributed by atoms with E-state index in [1.807, 2.05) is 0 Å². The van der Waals surface area contributed by atoms with Gasteiger partial charge in [-0.1, -0.05) is 0 Å². The molecule has 0 aromatic carbocycles. The molecule has 0 bridgehead atoms. The lowest BCUT2D eigenvalue weighted by Gasteiger charge is -2.06. The predicted octanol–water partition coefficient (Wildman–Crippen LogP) is -0.562. The molecule has 9 heavy (non-hydrogen) atoms. The van der Waals surface area contributed by atoms with Crippen LogP contribution >= 0.6 is 0 Å². The van der Waals surface area contributed by atoms with Gasteiger partial charge in [-0.2, -0.15) is 5.11 Å². The van der Waals surface area contributed by atoms with Crippen molar-refractivity contribution in [3.8, 4) is 0 Å². The topological polar surface area (TPSA) is 91.3 Å². The minimum absolute atomic E-state index is 0.170. The third kappa shape index (κ3) is 3.60. The zero-order valence-corrected chi connectivity index (χ0v) is 5.22. The van der Waals surface area contributed by atoms with Crippen LogP contribution in [0.25, 0.3) is 0 Å². The van der Waals surface area contributed by atoms with E-state index in [1.54, 1.807) is 0 Å². The number of rotatable bonds is 3. The Hall–Kier alpha value is -0.970. The Bertz CT molecular complexity index is 113. The van der Waals surface area contributed by atoms with E-state index < -0.39 is 6.17 Å². The maximum atomic E-state index is 10.3. The zero-order valence-electron chi connectivity index (χ0n) is 5.22. The van der Waals surface area contributed by atoms with Crippen LogP contribution in [-0.2, 0) is 4.79 Å². The monoisotopic (exact) mass is 130 g/mol. The molecule has 0 aliphatic carbocycles. The van der Waals surface area contributed by atoms with Crippen molar-refractivity contribution >= 4 is 5.91 Å². The van der Waals surface area contributed by atoms with Crippen LogP contribution in [-0.4, -0.2) is 18.6 Å². The second-order valence-electron chi connectivity index (χ2n) is 1.58. The molecule has 0 heterocycles. The largest absolute Gasteiger partial charge is 0.332 e. The third-order valence-corrected chi connectivity index (χ3v) is 0.749. The molecule has 0 saturated heterocycles. The summed E-state index contributed by atoms with van der Waals surface area (Å²) in [5.41, 5.74) is 11.6. The van der Waals surface area contributed by atoms with Crippen molar-refractivity contribution < 1.29 is 4.79 Å². The van der Waals surface area contributed by atoms with Gasteiger partial charge in [-0.25, -0.2) is 5.53 Å². The summed E-state index contributed by atoms with van der Waals surface area (Å²) in [6.45, 7) is 1.52. The fourth-order valence-electron chi connectivity index (χ4n) is 0.379. The Kier molecular flexibility index (Phi) is 3.54. The van der Waals surface area contributed by atoms with Crippen molar-refractivity contribution in [1.29, 1.82) is 5.53 Å². The number of amides is 1. The van der Waals surface area contributed by atoms with Crippen LogP contribution in [0.3, 0.4) is 0 Å². The third-order valence-electron chi connectivity index (χ3n) is 0.749. The normalized spacial score (nSPS) is 12.2. The molecule has 0 aromatic heterocycles. The summed E-state index contributed by atoms with van der Waals surface area (Å²) in [5.74, 6) is -0.221. The van der Waals surface area contributed by atoms with Crippen LogP contribution in [0.2, 0.25) is 0 Å². The molecule has 0 saturated carbocycles. The number of carbonyl (C=O) groups excluding carboxylic acids is 1. The van der Waals surface area contributed by atoms with E-state index in [-0.39, 0.29) is 12.5 Å². The SMILES string of the molecule is CC(=O)NC(CN)N=N. The van der Waals surface area contributed by atoms with Crippen molar-refractivity contribution in [2.75, 3.05) is 6.54 Å². The molecule has 5 nitrogen and oxygen atoms in total. The minimum atomic E-state index is -0.553. The van der Waals surface area contributed by atoms with Crippen molar-refractivity contribution in [1.82, 2.24) is 5.32 Å². The van der Waals surface area contributed by atoms with Crippen molar-refractivity contribution in [2.24, 2.45) is 10.8 Å². The van der Waals surface area contributed by atoms with Gasteiger partial charge in [0.05, 0.1) is 0 Å². The Labute approximate surface area is 53.1 Å². The lowest BCUT2D eigenvalue weighted by Crippen LogP contribution is -2.36. The summed E-state index contributed by atoms with van der Waals surface area (Å²) in [5, 5.41) is 5.40. The predicted molar refractivity (Wildman–Crippen MR) is 31.8 cm³/mol. The van der Waals surface area contributed by atoms with Crippen LogP contribution in [0.15, 0.2) is 5.11 Å². The molecule has 52 valence electrons. The van der Waals surface area contributed by atoms with E-state index in [9.17, 15) is 4.79 Å². The number of nitrogens with one attached hydrogen (secondary N) is 2. The van der Waals surface area contributed by atoms with Gasteiger partial charge in [0.1, 0.15) is 0 Å². The quantitative estimate of drug-likeness (QED) is 0.447. The summed E-state index contributed by atoms with van der Waals surface area (Å²) in [4.78, 5) is 10.3. The van der Waals surface area contributed by atoms with E-state index >= 15 is 0 Å². The van der Waals surface area contributed by atoms with Crippen molar-refractivity contribution in [3.63, 3.8) is 0 Å². The van der Waals surface area contributed by atoms with E-state index in [4.69, 9.17) is 11.3 Å². The number of nitrogens with zero attached hydrogens (tertiary/aromatic N) is 1. The first-order valence-corrected chi connectivity index (χ1v) is 2.54. The van der Waals surface area contributed by atoms with Crippen LogP contribution in [0.5, 0.6) is 0 Å². The molecule has 1 unspecified atom stereocenters. The Balaban J connectivity index is 3.55. The standard InChI is InChI=1S/C4H10N4O/c1-3(9)7-4(2-5)8-6/h4,6H,2,5H2,1H3,(H,7,9). The first-order chi connectivity index (χ1) is 4.20. The molecule has 0 aliphatic heterocycles. The molecule has 0 aromatic rings. The number of carbonyl (C=O) groups is 1. The number of hydrogen-bond donors (Lipinski definition) is 3. The first-order valence-electron chi connectivity index (χ1n) is 2.54. The van der Waals surface area contributed by atoms with Gasteiger partial charge in [-0.15, -0.1) is 0 Å². The lowest BCUT2D eigenvalue weighted by molar-refractivity contribution is -0.119. The smallest absolute Gasteiger partial charge is 0.218 e. The highest BCUT2D eigenvalue weighted by Crippen LogP contribution is 1.79. The highest BCUT2D eigenvalue weighted by Gasteiger charge is 2.02. The van der Waals surface area contributed by atoms with Gasteiger partial charge in [0.15, 0.2) is 6.17 Å². The lowest BCUT2D eigenvalue weighted by atomic mass is 10.5. The Morgan fingerprint density at radius 3 is 2.67 bits per heavy atom. The van der Waals surface area contributed by atoms with Crippen LogP contribution < -0.4 is 11.1 Å². The van der Waals surface area contributed by atoms with E-state index in [0.29, 0.717) is 0 Å². The van der Waals surface area contributed by atoms with Crippen molar-refractivity contribution in [2.45, 2.75) is 13.1 Å². The summed E-state index contributed by atoms with van der Waals surface area (Å²) in [6, 6.07) is 0. The second-order valence-corrected chi connectivity index (χ2v) is 1.58. The van der Waals surface area contributed by atoms with Gasteiger partial charge in [0.25, 0.3) is 0 Å². The average molecular weight is 130 g/mol. The maximum absolute atomic E-state index is 10.3. The van der Waals surface area contributed by atoms with Gasteiger partial charge in [-0.05, 0) is 0 Å². The minimum Gasteiger partial charge on any atom is -0.332 e. The van der Waals surface area contributed by atoms with Gasteiger partial charge in [0.2, 0.25) is 5.91 Å². The van der Waals surface area contributed by atoms with Crippen LogP contribution in [0.1, 0.15) is 6.92 Å². The molecule has 0 spiro atoms. The highest BCUT2D eigenvalue weighted by molar-refractivity contribution is 5.73. The van der Waals surface area contributed by atoms with Gasteiger partial charge in [-0.3, -0.25) is 4.79 Å². The fourth-order valence-corrected chi connectivity index (χ4v) is 0.379. The first kappa shape index (κ1) is 8.03. The Morgan fingerprint density at radius 1 is 2.00 bits per heavy atom. The average Bonchev–Trinajstić information content (AvgIpc) is 1.82. The fraction of sp³-hybridized carbons (Fsp3) is 0.750. The summed E-state index contributed by atoms with van der Waals surface area (Å²) < 4.78 is 0. The molecule has 1 atom stereocenters. The molecular weight excluding hydrogens is 120 g/mol. The van der Waals surface area contributed by atoms with E-state index in [2.05, 4.69) is 10.4 Å². The zero-order chi connectivity index (χ0) is 7.28. The van der Waals surface area contributed by atoms with E-state index in [0.717, 1.165) is 0 Å². The van der Waals surface area contributed by atoms with Crippen LogP contribution in [0, 0.1) is 5.53 Å². The molecule has 5 heteroatoms. The number of nitrogens with two attached hydrogens (primary N) is 1. The van der Waals surface area contributed by atoms with Gasteiger partial charge >= 0.3 is 0 Å². The van der Waals surface area contributed by atoms with E-state index in [1.165, 1.54) is 6.92 Å². The van der Waals surface area contributed by atoms with Gasteiger partial charge in [0, 0.05) is 13.5 Å². The maximum Gasteiger partial charge on any atom is 0.218 e. The molecule has 0 aliphatic rings. The molecule has 0 rings (SSSR count). The number of hydrogen-bond acceptors (Lipinski definition) is 4. The Morgan fingerprint density at radius 2 is 2.56 bits per heavy atom. The van der Waals surface area contributed by atoms with Crippen molar-refractivity contribution in [3.05, 3.63) is 0 Å². The molecule has 0 fully saturated rings. The molecule has 0 radical (unpaired) electrons. The van der Waals surface area contributed by atoms with Gasteiger partial charge < -0.3 is 11.1 Å².